The van der Waals surface area contributed by atoms with Crippen LogP contribution in [0.3, 0.4) is 0 Å². The van der Waals surface area contributed by atoms with Crippen molar-refractivity contribution in [1.82, 2.24) is 4.57 Å². The third kappa shape index (κ3) is 2.92. The van der Waals surface area contributed by atoms with Crippen LogP contribution in [0, 0.1) is 13.8 Å². The number of alkyl halides is 3. The molecule has 0 saturated carbocycles. The van der Waals surface area contributed by atoms with Gasteiger partial charge in [0.1, 0.15) is 5.82 Å². The predicted octanol–water partition coefficient (Wildman–Crippen LogP) is 5.28. The van der Waals surface area contributed by atoms with E-state index in [0.717, 1.165) is 28.8 Å². The molecule has 6 heteroatoms. The van der Waals surface area contributed by atoms with Crippen LogP contribution in [0.4, 0.5) is 19.0 Å². The monoisotopic (exact) mass is 360 g/mol. The summed E-state index contributed by atoms with van der Waals surface area (Å²) in [4.78, 5) is 0. The van der Waals surface area contributed by atoms with Gasteiger partial charge in [0.2, 0.25) is 0 Å². The number of aromatic nitrogens is 1. The first kappa shape index (κ1) is 17.9. The lowest BCUT2D eigenvalue weighted by atomic mass is 9.99. The maximum atomic E-state index is 13.0. The molecule has 3 N–H and O–H groups in total. The van der Waals surface area contributed by atoms with Crippen LogP contribution in [0.2, 0.25) is 0 Å². The first-order valence-corrected chi connectivity index (χ1v) is 8.03. The number of nitrogen functional groups attached to an aromatic ring is 1. The lowest BCUT2D eigenvalue weighted by Gasteiger charge is -2.10. The minimum atomic E-state index is -4.47. The van der Waals surface area contributed by atoms with E-state index in [9.17, 15) is 18.3 Å². The van der Waals surface area contributed by atoms with Gasteiger partial charge in [0.15, 0.2) is 5.75 Å². The van der Waals surface area contributed by atoms with E-state index >= 15 is 0 Å². The van der Waals surface area contributed by atoms with E-state index in [0.29, 0.717) is 5.69 Å². The molecule has 3 aromatic rings. The lowest BCUT2D eigenvalue weighted by Crippen LogP contribution is -2.04. The van der Waals surface area contributed by atoms with E-state index in [4.69, 9.17) is 5.73 Å². The number of aromatic hydroxyl groups is 1. The molecule has 26 heavy (non-hydrogen) atoms. The minimum Gasteiger partial charge on any atom is -0.505 e. The third-order valence-electron chi connectivity index (χ3n) is 4.54. The zero-order chi connectivity index (χ0) is 19.2. The molecule has 0 aliphatic carbocycles. The summed E-state index contributed by atoms with van der Waals surface area (Å²) in [5, 5.41) is 10.8. The Kier molecular flexibility index (Phi) is 4.22. The van der Waals surface area contributed by atoms with Crippen LogP contribution in [-0.4, -0.2) is 9.67 Å². The van der Waals surface area contributed by atoms with Gasteiger partial charge in [-0.15, -0.1) is 0 Å². The second kappa shape index (κ2) is 6.12. The maximum Gasteiger partial charge on any atom is 0.416 e. The van der Waals surface area contributed by atoms with E-state index in [2.05, 4.69) is 0 Å². The van der Waals surface area contributed by atoms with Gasteiger partial charge in [-0.1, -0.05) is 29.8 Å². The summed E-state index contributed by atoms with van der Waals surface area (Å²) in [6, 6.07) is 10.6. The molecular weight excluding hydrogens is 341 g/mol. The summed E-state index contributed by atoms with van der Waals surface area (Å²) in [6.45, 7) is 3.83. The smallest absolute Gasteiger partial charge is 0.416 e. The number of halogens is 3. The Morgan fingerprint density at radius 1 is 1.04 bits per heavy atom. The number of rotatable bonds is 2. The molecule has 0 unspecified atom stereocenters. The molecule has 2 aromatic carbocycles. The molecular formula is C20H19F3N2O. The molecule has 1 aromatic heterocycles. The van der Waals surface area contributed by atoms with E-state index < -0.39 is 11.7 Å². The molecule has 3 nitrogen and oxygen atoms in total. The van der Waals surface area contributed by atoms with Gasteiger partial charge in [-0.25, -0.2) is 0 Å². The zero-order valence-corrected chi connectivity index (χ0v) is 14.6. The second-order valence-corrected chi connectivity index (χ2v) is 6.41. The number of anilines is 1. The van der Waals surface area contributed by atoms with Gasteiger partial charge in [0.05, 0.1) is 16.8 Å². The quantitative estimate of drug-likeness (QED) is 0.653. The highest BCUT2D eigenvalue weighted by atomic mass is 19.4. The zero-order valence-electron chi connectivity index (χ0n) is 14.6. The first-order chi connectivity index (χ1) is 12.1. The Morgan fingerprint density at radius 2 is 1.73 bits per heavy atom. The number of aryl methyl sites for hydroxylation is 2. The fraction of sp³-hybridized carbons (Fsp3) is 0.200. The highest BCUT2D eigenvalue weighted by Crippen LogP contribution is 2.46. The third-order valence-corrected chi connectivity index (χ3v) is 4.54. The number of nitrogens with two attached hydrogens (primary N) is 1. The predicted molar refractivity (Wildman–Crippen MR) is 96.8 cm³/mol. The highest BCUT2D eigenvalue weighted by molar-refractivity contribution is 5.90. The molecule has 0 bridgehead atoms. The molecule has 0 fully saturated rings. The Bertz CT molecular complexity index is 987. The van der Waals surface area contributed by atoms with Crippen LogP contribution >= 0.6 is 0 Å². The average Bonchev–Trinajstić information content (AvgIpc) is 2.79. The molecule has 0 spiro atoms. The van der Waals surface area contributed by atoms with E-state index in [1.165, 1.54) is 12.1 Å². The van der Waals surface area contributed by atoms with Crippen LogP contribution in [0.15, 0.2) is 42.5 Å². The molecule has 3 rings (SSSR count). The van der Waals surface area contributed by atoms with Crippen LogP contribution in [0.25, 0.3) is 22.4 Å². The standard InChI is InChI=1S/C20H19F3N2O/c1-11-7-8-12(2)15(9-11)17-18(26)16(19(24)25(17)3)13-5-4-6-14(10-13)20(21,22)23/h4-10,26H,24H2,1-3H3. The van der Waals surface area contributed by atoms with Crippen molar-refractivity contribution in [2.75, 3.05) is 5.73 Å². The number of hydrogen-bond acceptors (Lipinski definition) is 2. The summed E-state index contributed by atoms with van der Waals surface area (Å²) in [6.07, 6.45) is -4.47. The molecule has 0 atom stereocenters. The Morgan fingerprint density at radius 3 is 2.38 bits per heavy atom. The first-order valence-electron chi connectivity index (χ1n) is 8.03. The minimum absolute atomic E-state index is 0.127. The van der Waals surface area contributed by atoms with Crippen molar-refractivity contribution in [1.29, 1.82) is 0 Å². The molecule has 0 saturated heterocycles. The SMILES string of the molecule is Cc1ccc(C)c(-c2c(O)c(-c3cccc(C(F)(F)F)c3)c(N)n2C)c1. The summed E-state index contributed by atoms with van der Waals surface area (Å²) < 4.78 is 40.7. The maximum absolute atomic E-state index is 13.0. The van der Waals surface area contributed by atoms with Crippen LogP contribution < -0.4 is 5.73 Å². The van der Waals surface area contributed by atoms with Crippen molar-refractivity contribution in [2.24, 2.45) is 7.05 Å². The second-order valence-electron chi connectivity index (χ2n) is 6.41. The largest absolute Gasteiger partial charge is 0.505 e. The van der Waals surface area contributed by atoms with Gasteiger partial charge in [0.25, 0.3) is 0 Å². The van der Waals surface area contributed by atoms with Crippen LogP contribution in [0.5, 0.6) is 5.75 Å². The summed E-state index contributed by atoms with van der Waals surface area (Å²) >= 11 is 0. The van der Waals surface area contributed by atoms with Crippen molar-refractivity contribution in [3.05, 3.63) is 59.2 Å². The van der Waals surface area contributed by atoms with Gasteiger partial charge in [-0.2, -0.15) is 13.2 Å². The van der Waals surface area contributed by atoms with Crippen molar-refractivity contribution >= 4 is 5.82 Å². The van der Waals surface area contributed by atoms with Gasteiger partial charge in [-0.3, -0.25) is 0 Å². The van der Waals surface area contributed by atoms with Gasteiger partial charge < -0.3 is 15.4 Å². The van der Waals surface area contributed by atoms with Crippen LogP contribution in [0.1, 0.15) is 16.7 Å². The van der Waals surface area contributed by atoms with Gasteiger partial charge in [0, 0.05) is 12.6 Å². The number of hydrogen-bond donors (Lipinski definition) is 2. The van der Waals surface area contributed by atoms with Gasteiger partial charge >= 0.3 is 6.18 Å². The Balaban J connectivity index is 2.25. The van der Waals surface area contributed by atoms with Gasteiger partial charge in [-0.05, 0) is 43.2 Å². The fourth-order valence-corrected chi connectivity index (χ4v) is 3.12. The summed E-state index contributed by atoms with van der Waals surface area (Å²) in [7, 11) is 1.68. The van der Waals surface area contributed by atoms with Crippen molar-refractivity contribution in [3.63, 3.8) is 0 Å². The molecule has 0 radical (unpaired) electrons. The molecule has 1 heterocycles. The number of nitrogens with zero attached hydrogens (tertiary/aromatic N) is 1. The molecule has 136 valence electrons. The van der Waals surface area contributed by atoms with E-state index in [1.807, 2.05) is 32.0 Å². The fourth-order valence-electron chi connectivity index (χ4n) is 3.12. The van der Waals surface area contributed by atoms with Crippen molar-refractivity contribution in [2.45, 2.75) is 20.0 Å². The Hall–Kier alpha value is -2.89. The molecule has 0 amide bonds. The normalized spacial score (nSPS) is 11.8. The van der Waals surface area contributed by atoms with Crippen LogP contribution in [-0.2, 0) is 13.2 Å². The topological polar surface area (TPSA) is 51.2 Å². The number of benzene rings is 2. The van der Waals surface area contributed by atoms with Crippen molar-refractivity contribution < 1.29 is 18.3 Å². The van der Waals surface area contributed by atoms with Crippen molar-refractivity contribution in [3.8, 4) is 28.1 Å². The average molecular weight is 360 g/mol. The summed E-state index contributed by atoms with van der Waals surface area (Å²) in [5.74, 6) is 0.0794. The molecule has 0 aliphatic rings. The lowest BCUT2D eigenvalue weighted by molar-refractivity contribution is -0.137. The van der Waals surface area contributed by atoms with E-state index in [-0.39, 0.29) is 22.7 Å². The molecule has 0 aliphatic heterocycles. The Labute approximate surface area is 149 Å². The summed E-state index contributed by atoms with van der Waals surface area (Å²) in [5.41, 5.74) is 8.99. The van der Waals surface area contributed by atoms with E-state index in [1.54, 1.807) is 11.6 Å². The highest BCUT2D eigenvalue weighted by Gasteiger charge is 2.31.